The molecule has 3 rings (SSSR count). The lowest BCUT2D eigenvalue weighted by Gasteiger charge is -2.33. The van der Waals surface area contributed by atoms with Crippen LogP contribution >= 0.6 is 12.4 Å². The molecule has 0 spiro atoms. The van der Waals surface area contributed by atoms with Gasteiger partial charge in [-0.15, -0.1) is 12.4 Å². The van der Waals surface area contributed by atoms with Gasteiger partial charge in [0.25, 0.3) is 5.91 Å². The van der Waals surface area contributed by atoms with E-state index in [-0.39, 0.29) is 24.4 Å². The first-order valence-corrected chi connectivity index (χ1v) is 8.21. The molecule has 0 aliphatic carbocycles. The van der Waals surface area contributed by atoms with E-state index in [1.165, 1.54) is 0 Å². The number of hydrogen-bond donors (Lipinski definition) is 1. The van der Waals surface area contributed by atoms with Gasteiger partial charge in [0.1, 0.15) is 0 Å². The lowest BCUT2D eigenvalue weighted by molar-refractivity contribution is 0.0681. The second-order valence-electron chi connectivity index (χ2n) is 6.50. The van der Waals surface area contributed by atoms with Gasteiger partial charge in [0.05, 0.1) is 11.9 Å². The second-order valence-corrected chi connectivity index (χ2v) is 6.50. The van der Waals surface area contributed by atoms with Gasteiger partial charge in [0.15, 0.2) is 0 Å². The smallest absolute Gasteiger partial charge is 0.253 e. The first-order chi connectivity index (χ1) is 11.0. The third-order valence-electron chi connectivity index (χ3n) is 4.66. The van der Waals surface area contributed by atoms with Crippen molar-refractivity contribution in [3.63, 3.8) is 0 Å². The van der Waals surface area contributed by atoms with Gasteiger partial charge in [-0.25, -0.2) is 4.68 Å². The largest absolute Gasteiger partial charge is 0.339 e. The first-order valence-electron chi connectivity index (χ1n) is 8.21. The molecule has 1 aromatic carbocycles. The van der Waals surface area contributed by atoms with E-state index in [9.17, 15) is 4.79 Å². The van der Waals surface area contributed by atoms with Crippen molar-refractivity contribution in [2.75, 3.05) is 13.1 Å². The summed E-state index contributed by atoms with van der Waals surface area (Å²) in [7, 11) is 0. The van der Waals surface area contributed by atoms with E-state index in [0.717, 1.165) is 42.7 Å². The number of nitrogens with zero attached hydrogens (tertiary/aromatic N) is 3. The third-order valence-corrected chi connectivity index (χ3v) is 4.66. The van der Waals surface area contributed by atoms with Crippen LogP contribution in [0.2, 0.25) is 0 Å². The maximum absolute atomic E-state index is 12.6. The molecule has 1 aliphatic heterocycles. The number of likely N-dealkylation sites (tertiary alicyclic amines) is 1. The van der Waals surface area contributed by atoms with Crippen molar-refractivity contribution in [3.05, 3.63) is 47.8 Å². The van der Waals surface area contributed by atoms with E-state index >= 15 is 0 Å². The van der Waals surface area contributed by atoms with E-state index in [1.54, 1.807) is 0 Å². The van der Waals surface area contributed by atoms with Crippen molar-refractivity contribution in [1.82, 2.24) is 14.7 Å². The number of halogens is 1. The molecular formula is C18H25ClN4O. The van der Waals surface area contributed by atoms with Crippen LogP contribution in [0, 0.1) is 12.8 Å². The third kappa shape index (κ3) is 3.97. The molecule has 2 N–H and O–H groups in total. The predicted molar refractivity (Wildman–Crippen MR) is 97.8 cm³/mol. The van der Waals surface area contributed by atoms with Gasteiger partial charge in [0, 0.05) is 30.9 Å². The molecule has 1 aliphatic rings. The zero-order valence-corrected chi connectivity index (χ0v) is 15.0. The Bertz CT molecular complexity index is 673. The highest BCUT2D eigenvalue weighted by Crippen LogP contribution is 2.21. The fraction of sp³-hybridized carbons (Fsp3) is 0.444. The molecule has 24 heavy (non-hydrogen) atoms. The molecule has 2 aromatic rings. The highest BCUT2D eigenvalue weighted by atomic mass is 35.5. The number of rotatable bonds is 3. The lowest BCUT2D eigenvalue weighted by Crippen LogP contribution is -2.42. The predicted octanol–water partition coefficient (Wildman–Crippen LogP) is 2.80. The van der Waals surface area contributed by atoms with Crippen LogP contribution < -0.4 is 5.73 Å². The average molecular weight is 349 g/mol. The van der Waals surface area contributed by atoms with E-state index in [4.69, 9.17) is 5.73 Å². The fourth-order valence-electron chi connectivity index (χ4n) is 3.12. The Kier molecular flexibility index (Phi) is 6.02. The number of piperidine rings is 1. The molecule has 1 unspecified atom stereocenters. The highest BCUT2D eigenvalue weighted by molar-refractivity contribution is 5.94. The van der Waals surface area contributed by atoms with Crippen LogP contribution in [-0.4, -0.2) is 39.7 Å². The maximum atomic E-state index is 12.6. The molecule has 2 heterocycles. The summed E-state index contributed by atoms with van der Waals surface area (Å²) >= 11 is 0. The summed E-state index contributed by atoms with van der Waals surface area (Å²) in [5.41, 5.74) is 8.77. The number of hydrogen-bond acceptors (Lipinski definition) is 3. The Labute approximate surface area is 149 Å². The number of aryl methyl sites for hydroxylation is 1. The van der Waals surface area contributed by atoms with Gasteiger partial charge >= 0.3 is 0 Å². The van der Waals surface area contributed by atoms with Crippen LogP contribution in [-0.2, 0) is 0 Å². The minimum Gasteiger partial charge on any atom is -0.339 e. The van der Waals surface area contributed by atoms with Crippen molar-refractivity contribution >= 4 is 18.3 Å². The fourth-order valence-corrected chi connectivity index (χ4v) is 3.12. The van der Waals surface area contributed by atoms with Crippen molar-refractivity contribution < 1.29 is 4.79 Å². The molecule has 0 saturated carbocycles. The average Bonchev–Trinajstić information content (AvgIpc) is 3.01. The number of carbonyl (C=O) groups is 1. The second kappa shape index (κ2) is 7.81. The van der Waals surface area contributed by atoms with Crippen molar-refractivity contribution in [1.29, 1.82) is 0 Å². The molecule has 1 atom stereocenters. The summed E-state index contributed by atoms with van der Waals surface area (Å²) < 4.78 is 1.82. The Balaban J connectivity index is 0.00000208. The molecule has 130 valence electrons. The Morgan fingerprint density at radius 3 is 2.38 bits per heavy atom. The van der Waals surface area contributed by atoms with Crippen LogP contribution in [0.4, 0.5) is 0 Å². The Morgan fingerprint density at radius 2 is 1.88 bits per heavy atom. The van der Waals surface area contributed by atoms with Crippen LogP contribution in [0.5, 0.6) is 0 Å². The van der Waals surface area contributed by atoms with Crippen LogP contribution in [0.1, 0.15) is 35.7 Å². The monoisotopic (exact) mass is 348 g/mol. The standard InChI is InChI=1S/C18H24N4O.ClH/c1-13-11-20-22(12-13)17-5-3-16(4-6-17)18(23)21-9-7-15(8-10-21)14(2)19;/h3-6,11-12,14-15H,7-10,19H2,1-2H3;1H. The first kappa shape index (κ1) is 18.5. The Morgan fingerprint density at radius 1 is 1.25 bits per heavy atom. The number of aromatic nitrogens is 2. The Hall–Kier alpha value is -1.85. The minimum atomic E-state index is 0. The van der Waals surface area contributed by atoms with E-state index in [0.29, 0.717) is 5.92 Å². The number of amides is 1. The molecule has 6 heteroatoms. The quantitative estimate of drug-likeness (QED) is 0.927. The topological polar surface area (TPSA) is 64.2 Å². The van der Waals surface area contributed by atoms with E-state index < -0.39 is 0 Å². The highest BCUT2D eigenvalue weighted by Gasteiger charge is 2.25. The summed E-state index contributed by atoms with van der Waals surface area (Å²) in [5.74, 6) is 0.640. The van der Waals surface area contributed by atoms with Gasteiger partial charge in [-0.05, 0) is 62.4 Å². The molecule has 1 aromatic heterocycles. The van der Waals surface area contributed by atoms with Crippen molar-refractivity contribution in [2.45, 2.75) is 32.7 Å². The molecule has 1 saturated heterocycles. The number of benzene rings is 1. The SMILES string of the molecule is Cc1cnn(-c2ccc(C(=O)N3CCC(C(C)N)CC3)cc2)c1.Cl. The molecule has 0 bridgehead atoms. The lowest BCUT2D eigenvalue weighted by atomic mass is 9.90. The molecule has 5 nitrogen and oxygen atoms in total. The van der Waals surface area contributed by atoms with Crippen molar-refractivity contribution in [2.24, 2.45) is 11.7 Å². The number of carbonyl (C=O) groups excluding carboxylic acids is 1. The summed E-state index contributed by atoms with van der Waals surface area (Å²) in [6, 6.07) is 7.85. The normalized spacial score (nSPS) is 16.5. The van der Waals surface area contributed by atoms with E-state index in [2.05, 4.69) is 12.0 Å². The zero-order chi connectivity index (χ0) is 16.4. The zero-order valence-electron chi connectivity index (χ0n) is 14.2. The summed E-state index contributed by atoms with van der Waals surface area (Å²) in [5, 5.41) is 4.28. The maximum Gasteiger partial charge on any atom is 0.253 e. The summed E-state index contributed by atoms with van der Waals surface area (Å²) in [6.45, 7) is 5.65. The van der Waals surface area contributed by atoms with Crippen LogP contribution in [0.25, 0.3) is 5.69 Å². The summed E-state index contributed by atoms with van der Waals surface area (Å²) in [4.78, 5) is 14.5. The van der Waals surface area contributed by atoms with Gasteiger partial charge in [-0.2, -0.15) is 5.10 Å². The van der Waals surface area contributed by atoms with Crippen LogP contribution in [0.15, 0.2) is 36.7 Å². The molecule has 1 amide bonds. The van der Waals surface area contributed by atoms with Gasteiger partial charge in [0.2, 0.25) is 0 Å². The van der Waals surface area contributed by atoms with Gasteiger partial charge in [-0.3, -0.25) is 4.79 Å². The number of nitrogens with two attached hydrogens (primary N) is 1. The van der Waals surface area contributed by atoms with Gasteiger partial charge in [-0.1, -0.05) is 0 Å². The summed E-state index contributed by atoms with van der Waals surface area (Å²) in [6.07, 6.45) is 5.78. The van der Waals surface area contributed by atoms with E-state index in [1.807, 2.05) is 53.2 Å². The van der Waals surface area contributed by atoms with Crippen molar-refractivity contribution in [3.8, 4) is 5.69 Å². The molecule has 0 radical (unpaired) electrons. The van der Waals surface area contributed by atoms with Crippen LogP contribution in [0.3, 0.4) is 0 Å². The molecular weight excluding hydrogens is 324 g/mol. The molecule has 1 fully saturated rings. The van der Waals surface area contributed by atoms with Gasteiger partial charge < -0.3 is 10.6 Å². The minimum absolute atomic E-state index is 0.